The quantitative estimate of drug-likeness (QED) is 0.883. The summed E-state index contributed by atoms with van der Waals surface area (Å²) in [6.45, 7) is 5.99. The molecule has 0 spiro atoms. The van der Waals surface area contributed by atoms with E-state index in [1.165, 1.54) is 12.8 Å². The maximum absolute atomic E-state index is 13.7. The second kappa shape index (κ2) is 6.30. The highest BCUT2D eigenvalue weighted by atomic mass is 19.1. The van der Waals surface area contributed by atoms with Crippen LogP contribution < -0.4 is 5.32 Å². The average Bonchev–Trinajstić information content (AvgIpc) is 2.35. The smallest absolute Gasteiger partial charge is 0.127 e. The van der Waals surface area contributed by atoms with Gasteiger partial charge in [0.1, 0.15) is 5.82 Å². The van der Waals surface area contributed by atoms with Gasteiger partial charge in [-0.05, 0) is 51.9 Å². The van der Waals surface area contributed by atoms with Crippen LogP contribution in [-0.4, -0.2) is 31.6 Å². The summed E-state index contributed by atoms with van der Waals surface area (Å²) in [5.74, 6) is 0.632. The molecule has 1 aliphatic rings. The Morgan fingerprint density at radius 3 is 3.06 bits per heavy atom. The van der Waals surface area contributed by atoms with Crippen LogP contribution >= 0.6 is 0 Å². The van der Waals surface area contributed by atoms with Gasteiger partial charge in [0.05, 0.1) is 0 Å². The zero-order valence-corrected chi connectivity index (χ0v) is 11.4. The van der Waals surface area contributed by atoms with E-state index in [1.54, 1.807) is 6.07 Å². The highest BCUT2D eigenvalue weighted by molar-refractivity contribution is 5.24. The van der Waals surface area contributed by atoms with Crippen molar-refractivity contribution in [2.24, 2.45) is 5.92 Å². The van der Waals surface area contributed by atoms with Crippen molar-refractivity contribution < 1.29 is 4.39 Å². The first-order valence-electron chi connectivity index (χ1n) is 6.81. The highest BCUT2D eigenvalue weighted by Gasteiger charge is 2.20. The molecule has 0 aliphatic carbocycles. The molecule has 1 heterocycles. The molecular formula is C15H23FN2. The van der Waals surface area contributed by atoms with E-state index < -0.39 is 0 Å². The van der Waals surface area contributed by atoms with Gasteiger partial charge in [-0.1, -0.05) is 17.7 Å². The molecule has 1 unspecified atom stereocenters. The summed E-state index contributed by atoms with van der Waals surface area (Å²) in [5, 5.41) is 3.24. The zero-order valence-electron chi connectivity index (χ0n) is 11.4. The van der Waals surface area contributed by atoms with Crippen LogP contribution in [0, 0.1) is 18.7 Å². The molecule has 0 aromatic heterocycles. The summed E-state index contributed by atoms with van der Waals surface area (Å²) in [6, 6.07) is 5.38. The Morgan fingerprint density at radius 2 is 2.28 bits per heavy atom. The first-order chi connectivity index (χ1) is 8.69. The van der Waals surface area contributed by atoms with Crippen LogP contribution in [0.25, 0.3) is 0 Å². The molecular weight excluding hydrogens is 227 g/mol. The fraction of sp³-hybridized carbons (Fsp3) is 0.600. The number of nitrogens with zero attached hydrogens (tertiary/aromatic N) is 1. The van der Waals surface area contributed by atoms with Gasteiger partial charge >= 0.3 is 0 Å². The Hall–Kier alpha value is -0.930. The molecule has 2 rings (SSSR count). The minimum atomic E-state index is -0.0728. The third kappa shape index (κ3) is 3.53. The van der Waals surface area contributed by atoms with Gasteiger partial charge in [0.25, 0.3) is 0 Å². The van der Waals surface area contributed by atoms with E-state index in [-0.39, 0.29) is 5.82 Å². The molecule has 0 saturated carbocycles. The number of halogens is 1. The maximum atomic E-state index is 13.7. The van der Waals surface area contributed by atoms with Gasteiger partial charge < -0.3 is 5.32 Å². The fourth-order valence-corrected chi connectivity index (χ4v) is 2.82. The number of aryl methyl sites for hydroxylation is 1. The molecule has 100 valence electrons. The lowest BCUT2D eigenvalue weighted by atomic mass is 9.97. The lowest BCUT2D eigenvalue weighted by molar-refractivity contribution is 0.165. The van der Waals surface area contributed by atoms with E-state index in [2.05, 4.69) is 10.2 Å². The van der Waals surface area contributed by atoms with Crippen molar-refractivity contribution in [1.82, 2.24) is 10.2 Å². The molecule has 0 radical (unpaired) electrons. The Kier molecular flexibility index (Phi) is 4.72. The molecule has 1 aromatic carbocycles. The van der Waals surface area contributed by atoms with Crippen LogP contribution in [0.2, 0.25) is 0 Å². The molecule has 1 atom stereocenters. The molecule has 0 bridgehead atoms. The van der Waals surface area contributed by atoms with E-state index in [0.29, 0.717) is 5.92 Å². The molecule has 1 N–H and O–H groups in total. The van der Waals surface area contributed by atoms with Crippen molar-refractivity contribution in [3.63, 3.8) is 0 Å². The van der Waals surface area contributed by atoms with E-state index in [9.17, 15) is 4.39 Å². The van der Waals surface area contributed by atoms with Crippen LogP contribution in [0.5, 0.6) is 0 Å². The predicted octanol–water partition coefficient (Wildman–Crippen LogP) is 2.57. The first kappa shape index (κ1) is 13.5. The van der Waals surface area contributed by atoms with Crippen LogP contribution in [0.3, 0.4) is 0 Å². The van der Waals surface area contributed by atoms with Gasteiger partial charge in [-0.2, -0.15) is 0 Å². The number of piperidine rings is 1. The summed E-state index contributed by atoms with van der Waals surface area (Å²) in [7, 11) is 2.00. The lowest BCUT2D eigenvalue weighted by Crippen LogP contribution is -2.38. The van der Waals surface area contributed by atoms with E-state index in [0.717, 1.165) is 37.3 Å². The van der Waals surface area contributed by atoms with Crippen molar-refractivity contribution in [3.8, 4) is 0 Å². The summed E-state index contributed by atoms with van der Waals surface area (Å²) >= 11 is 0. The summed E-state index contributed by atoms with van der Waals surface area (Å²) in [6.07, 6.45) is 2.51. The largest absolute Gasteiger partial charge is 0.319 e. The number of benzene rings is 1. The summed E-state index contributed by atoms with van der Waals surface area (Å²) in [5.41, 5.74) is 1.97. The molecule has 2 nitrogen and oxygen atoms in total. The van der Waals surface area contributed by atoms with E-state index >= 15 is 0 Å². The number of nitrogens with one attached hydrogen (secondary N) is 1. The third-order valence-corrected chi connectivity index (χ3v) is 3.69. The van der Waals surface area contributed by atoms with Crippen molar-refractivity contribution >= 4 is 0 Å². The monoisotopic (exact) mass is 250 g/mol. The van der Waals surface area contributed by atoms with Crippen molar-refractivity contribution in [1.29, 1.82) is 0 Å². The Bertz CT molecular complexity index is 390. The minimum absolute atomic E-state index is 0.0728. The molecule has 3 heteroatoms. The van der Waals surface area contributed by atoms with Crippen molar-refractivity contribution in [2.45, 2.75) is 26.3 Å². The molecule has 1 saturated heterocycles. The zero-order chi connectivity index (χ0) is 13.0. The van der Waals surface area contributed by atoms with Crippen LogP contribution in [0.1, 0.15) is 24.0 Å². The molecule has 1 aromatic rings. The standard InChI is InChI=1S/C15H23FN2/c1-12-5-6-15(16)14(8-12)11-18-7-3-4-13(10-18)9-17-2/h5-6,8,13,17H,3-4,7,9-11H2,1-2H3. The van der Waals surface area contributed by atoms with E-state index in [1.807, 2.05) is 26.1 Å². The SMILES string of the molecule is CNCC1CCCN(Cc2cc(C)ccc2F)C1. The fourth-order valence-electron chi connectivity index (χ4n) is 2.82. The van der Waals surface area contributed by atoms with Gasteiger partial charge in [-0.25, -0.2) is 4.39 Å². The number of hydrogen-bond donors (Lipinski definition) is 1. The van der Waals surface area contributed by atoms with Gasteiger partial charge in [0, 0.05) is 18.7 Å². The molecule has 1 aliphatic heterocycles. The predicted molar refractivity (Wildman–Crippen MR) is 73.1 cm³/mol. The number of hydrogen-bond acceptors (Lipinski definition) is 2. The normalized spacial score (nSPS) is 21.2. The van der Waals surface area contributed by atoms with Gasteiger partial charge in [0.2, 0.25) is 0 Å². The minimum Gasteiger partial charge on any atom is -0.319 e. The van der Waals surface area contributed by atoms with Crippen molar-refractivity contribution in [2.75, 3.05) is 26.7 Å². The second-order valence-corrected chi connectivity index (χ2v) is 5.40. The summed E-state index contributed by atoms with van der Waals surface area (Å²) in [4.78, 5) is 2.38. The molecule has 1 fully saturated rings. The Morgan fingerprint density at radius 1 is 1.44 bits per heavy atom. The van der Waals surface area contributed by atoms with Gasteiger partial charge in [0.15, 0.2) is 0 Å². The van der Waals surface area contributed by atoms with Crippen LogP contribution in [0.15, 0.2) is 18.2 Å². The molecule has 18 heavy (non-hydrogen) atoms. The first-order valence-corrected chi connectivity index (χ1v) is 6.81. The van der Waals surface area contributed by atoms with Crippen LogP contribution in [0.4, 0.5) is 4.39 Å². The van der Waals surface area contributed by atoms with Crippen molar-refractivity contribution in [3.05, 3.63) is 35.1 Å². The third-order valence-electron chi connectivity index (χ3n) is 3.69. The molecule has 0 amide bonds. The Balaban J connectivity index is 1.98. The second-order valence-electron chi connectivity index (χ2n) is 5.40. The summed E-state index contributed by atoms with van der Waals surface area (Å²) < 4.78 is 13.7. The van der Waals surface area contributed by atoms with Gasteiger partial charge in [-0.3, -0.25) is 4.90 Å². The van der Waals surface area contributed by atoms with E-state index in [4.69, 9.17) is 0 Å². The highest BCUT2D eigenvalue weighted by Crippen LogP contribution is 2.19. The maximum Gasteiger partial charge on any atom is 0.127 e. The average molecular weight is 250 g/mol. The topological polar surface area (TPSA) is 15.3 Å². The number of likely N-dealkylation sites (tertiary alicyclic amines) is 1. The number of rotatable bonds is 4. The lowest BCUT2D eigenvalue weighted by Gasteiger charge is -2.32. The Labute approximate surface area is 109 Å². The van der Waals surface area contributed by atoms with Crippen LogP contribution in [-0.2, 0) is 6.54 Å². The van der Waals surface area contributed by atoms with Gasteiger partial charge in [-0.15, -0.1) is 0 Å².